The normalized spacial score (nSPS) is 18.2. The number of amides is 1. The largest absolute Gasteiger partial charge is 0.507 e. The van der Waals surface area contributed by atoms with E-state index in [9.17, 15) is 14.7 Å². The minimum atomic E-state index is -0.675. The van der Waals surface area contributed by atoms with E-state index in [1.54, 1.807) is 36.7 Å². The Hall–Kier alpha value is -3.73. The summed E-state index contributed by atoms with van der Waals surface area (Å²) in [4.78, 5) is 31.4. The summed E-state index contributed by atoms with van der Waals surface area (Å²) in [6, 6.07) is 19.5. The summed E-state index contributed by atoms with van der Waals surface area (Å²) in [5.74, 6) is -1.45. The van der Waals surface area contributed by atoms with Gasteiger partial charge in [-0.15, -0.1) is 0 Å². The number of carbonyl (C=O) groups is 2. The number of pyridine rings is 1. The average Bonchev–Trinajstić information content (AvgIpc) is 3.00. The highest BCUT2D eigenvalue weighted by Crippen LogP contribution is 2.40. The second-order valence-electron chi connectivity index (χ2n) is 7.06. The fourth-order valence-corrected chi connectivity index (χ4v) is 3.58. The molecule has 1 saturated heterocycles. The number of rotatable bonds is 4. The third-order valence-corrected chi connectivity index (χ3v) is 5.08. The quantitative estimate of drug-likeness (QED) is 0.419. The Kier molecular flexibility index (Phi) is 4.96. The molecule has 29 heavy (non-hydrogen) atoms. The van der Waals surface area contributed by atoms with Gasteiger partial charge in [0.15, 0.2) is 0 Å². The van der Waals surface area contributed by atoms with E-state index in [-0.39, 0.29) is 17.9 Å². The molecule has 1 atom stereocenters. The van der Waals surface area contributed by atoms with Crippen molar-refractivity contribution in [1.82, 2.24) is 9.88 Å². The second kappa shape index (κ2) is 7.72. The van der Waals surface area contributed by atoms with E-state index in [1.807, 2.05) is 49.4 Å². The zero-order chi connectivity index (χ0) is 20.4. The summed E-state index contributed by atoms with van der Waals surface area (Å²) in [6.45, 7) is 2.19. The van der Waals surface area contributed by atoms with Crippen LogP contribution in [0.5, 0.6) is 0 Å². The molecular formula is C24H20N2O3. The predicted molar refractivity (Wildman–Crippen MR) is 110 cm³/mol. The Labute approximate surface area is 169 Å². The molecule has 1 amide bonds. The fraction of sp³-hybridized carbons (Fsp3) is 0.125. The Morgan fingerprint density at radius 1 is 0.966 bits per heavy atom. The van der Waals surface area contributed by atoms with Crippen molar-refractivity contribution in [3.63, 3.8) is 0 Å². The maximum absolute atomic E-state index is 12.9. The lowest BCUT2D eigenvalue weighted by atomic mass is 9.95. The first-order chi connectivity index (χ1) is 14.1. The SMILES string of the molecule is Cc1ccc(C(O)=C2C(=O)C(=O)N(Cc3ccncc3)[C@@H]2c2ccccc2)cc1. The molecule has 0 spiro atoms. The summed E-state index contributed by atoms with van der Waals surface area (Å²) >= 11 is 0. The number of likely N-dealkylation sites (tertiary alicyclic amines) is 1. The summed E-state index contributed by atoms with van der Waals surface area (Å²) in [5, 5.41) is 11.0. The number of aliphatic hydroxyl groups is 1. The van der Waals surface area contributed by atoms with Crippen molar-refractivity contribution in [2.45, 2.75) is 19.5 Å². The molecule has 0 radical (unpaired) electrons. The highest BCUT2D eigenvalue weighted by atomic mass is 16.3. The lowest BCUT2D eigenvalue weighted by Crippen LogP contribution is -2.29. The molecule has 4 rings (SSSR count). The number of hydrogen-bond donors (Lipinski definition) is 1. The summed E-state index contributed by atoms with van der Waals surface area (Å²) in [5.41, 5.74) is 3.30. The van der Waals surface area contributed by atoms with Crippen LogP contribution in [-0.4, -0.2) is 26.7 Å². The Balaban J connectivity index is 1.85. The highest BCUT2D eigenvalue weighted by Gasteiger charge is 2.45. The second-order valence-corrected chi connectivity index (χ2v) is 7.06. The van der Waals surface area contributed by atoms with Gasteiger partial charge in [-0.3, -0.25) is 14.6 Å². The van der Waals surface area contributed by atoms with E-state index in [0.717, 1.165) is 16.7 Å². The fourth-order valence-electron chi connectivity index (χ4n) is 3.58. The minimum absolute atomic E-state index is 0.110. The molecule has 0 aliphatic carbocycles. The van der Waals surface area contributed by atoms with E-state index < -0.39 is 17.7 Å². The standard InChI is InChI=1S/C24H20N2O3/c1-16-7-9-19(10-8-16)22(27)20-21(18-5-3-2-4-6-18)26(24(29)23(20)28)15-17-11-13-25-14-12-17/h2-14,21,27H,15H2,1H3/t21-/m1/s1. The first kappa shape index (κ1) is 18.6. The van der Waals surface area contributed by atoms with Gasteiger partial charge in [0, 0.05) is 24.5 Å². The maximum Gasteiger partial charge on any atom is 0.295 e. The van der Waals surface area contributed by atoms with Gasteiger partial charge in [0.2, 0.25) is 0 Å². The van der Waals surface area contributed by atoms with Crippen molar-refractivity contribution in [2.24, 2.45) is 0 Å². The van der Waals surface area contributed by atoms with Crippen LogP contribution in [0.4, 0.5) is 0 Å². The summed E-state index contributed by atoms with van der Waals surface area (Å²) in [6.07, 6.45) is 3.30. The van der Waals surface area contributed by atoms with Crippen molar-refractivity contribution in [3.05, 3.63) is 107 Å². The van der Waals surface area contributed by atoms with Gasteiger partial charge in [-0.2, -0.15) is 0 Å². The molecule has 0 saturated carbocycles. The first-order valence-electron chi connectivity index (χ1n) is 9.35. The van der Waals surface area contributed by atoms with Crippen molar-refractivity contribution in [1.29, 1.82) is 0 Å². The van der Waals surface area contributed by atoms with Gasteiger partial charge in [0.1, 0.15) is 5.76 Å². The number of aromatic nitrogens is 1. The number of hydrogen-bond acceptors (Lipinski definition) is 4. The molecule has 5 heteroatoms. The van der Waals surface area contributed by atoms with Crippen molar-refractivity contribution < 1.29 is 14.7 Å². The molecule has 1 aliphatic heterocycles. The average molecular weight is 384 g/mol. The van der Waals surface area contributed by atoms with E-state index in [4.69, 9.17) is 0 Å². The van der Waals surface area contributed by atoms with Gasteiger partial charge < -0.3 is 10.0 Å². The predicted octanol–water partition coefficient (Wildman–Crippen LogP) is 4.01. The van der Waals surface area contributed by atoms with Crippen molar-refractivity contribution >= 4 is 17.4 Å². The molecule has 1 aromatic heterocycles. The van der Waals surface area contributed by atoms with Crippen LogP contribution in [0.2, 0.25) is 0 Å². The lowest BCUT2D eigenvalue weighted by molar-refractivity contribution is -0.140. The number of benzene rings is 2. The van der Waals surface area contributed by atoms with Crippen LogP contribution in [0.3, 0.4) is 0 Å². The van der Waals surface area contributed by atoms with Gasteiger partial charge in [0.05, 0.1) is 11.6 Å². The molecule has 2 heterocycles. The maximum atomic E-state index is 12.9. The molecule has 144 valence electrons. The van der Waals surface area contributed by atoms with Gasteiger partial charge in [0.25, 0.3) is 11.7 Å². The third-order valence-electron chi connectivity index (χ3n) is 5.08. The van der Waals surface area contributed by atoms with Crippen LogP contribution in [0.1, 0.15) is 28.3 Å². The molecule has 2 aromatic carbocycles. The highest BCUT2D eigenvalue weighted by molar-refractivity contribution is 6.46. The van der Waals surface area contributed by atoms with Gasteiger partial charge in [-0.05, 0) is 30.2 Å². The van der Waals surface area contributed by atoms with Gasteiger partial charge >= 0.3 is 0 Å². The zero-order valence-electron chi connectivity index (χ0n) is 15.9. The number of nitrogens with zero attached hydrogens (tertiary/aromatic N) is 2. The van der Waals surface area contributed by atoms with Crippen molar-refractivity contribution in [2.75, 3.05) is 0 Å². The van der Waals surface area contributed by atoms with E-state index in [0.29, 0.717) is 5.56 Å². The summed E-state index contributed by atoms with van der Waals surface area (Å²) < 4.78 is 0. The monoisotopic (exact) mass is 384 g/mol. The van der Waals surface area contributed by atoms with E-state index >= 15 is 0 Å². The molecule has 3 aromatic rings. The molecule has 1 fully saturated rings. The summed E-state index contributed by atoms with van der Waals surface area (Å²) in [7, 11) is 0. The zero-order valence-corrected chi connectivity index (χ0v) is 15.9. The van der Waals surface area contributed by atoms with Crippen molar-refractivity contribution in [3.8, 4) is 0 Å². The lowest BCUT2D eigenvalue weighted by Gasteiger charge is -2.25. The van der Waals surface area contributed by atoms with E-state index in [2.05, 4.69) is 4.98 Å². The van der Waals surface area contributed by atoms with Crippen LogP contribution >= 0.6 is 0 Å². The van der Waals surface area contributed by atoms with Gasteiger partial charge in [-0.25, -0.2) is 0 Å². The first-order valence-corrected chi connectivity index (χ1v) is 9.35. The molecular weight excluding hydrogens is 364 g/mol. The topological polar surface area (TPSA) is 70.5 Å². The Morgan fingerprint density at radius 3 is 2.28 bits per heavy atom. The third kappa shape index (κ3) is 3.55. The smallest absolute Gasteiger partial charge is 0.295 e. The Morgan fingerprint density at radius 2 is 1.62 bits per heavy atom. The minimum Gasteiger partial charge on any atom is -0.507 e. The van der Waals surface area contributed by atoms with Crippen LogP contribution in [0, 0.1) is 6.92 Å². The number of aryl methyl sites for hydroxylation is 1. The molecule has 1 N–H and O–H groups in total. The van der Waals surface area contributed by atoms with Crippen LogP contribution < -0.4 is 0 Å². The molecule has 1 aliphatic rings. The molecule has 5 nitrogen and oxygen atoms in total. The number of carbonyl (C=O) groups excluding carboxylic acids is 2. The van der Waals surface area contributed by atoms with Crippen LogP contribution in [0.25, 0.3) is 5.76 Å². The number of aliphatic hydroxyl groups excluding tert-OH is 1. The van der Waals surface area contributed by atoms with Crippen LogP contribution in [-0.2, 0) is 16.1 Å². The molecule has 0 bridgehead atoms. The van der Waals surface area contributed by atoms with Crippen LogP contribution in [0.15, 0.2) is 84.7 Å². The number of Topliss-reactive ketones (excluding diaryl/α,β-unsaturated/α-hetero) is 1. The molecule has 0 unspecified atom stereocenters. The Bertz CT molecular complexity index is 1070. The van der Waals surface area contributed by atoms with Gasteiger partial charge in [-0.1, -0.05) is 60.2 Å². The number of ketones is 1. The van der Waals surface area contributed by atoms with E-state index in [1.165, 1.54) is 4.90 Å².